The molecule has 5 nitrogen and oxygen atoms in total. The van der Waals surface area contributed by atoms with Crippen LogP contribution in [0.15, 0.2) is 0 Å². The van der Waals surface area contributed by atoms with E-state index < -0.39 is 12.0 Å². The van der Waals surface area contributed by atoms with Crippen molar-refractivity contribution in [3.05, 3.63) is 0 Å². The number of nitrogens with two attached hydrogens (primary N) is 1. The van der Waals surface area contributed by atoms with Crippen LogP contribution in [0.5, 0.6) is 0 Å². The molecule has 92 valence electrons. The van der Waals surface area contributed by atoms with Crippen LogP contribution in [0, 0.1) is 0 Å². The lowest BCUT2D eigenvalue weighted by Gasteiger charge is -2.26. The van der Waals surface area contributed by atoms with Gasteiger partial charge in [-0.15, -0.1) is 0 Å². The minimum atomic E-state index is -0.915. The summed E-state index contributed by atoms with van der Waals surface area (Å²) < 4.78 is 0. The first-order valence-corrected chi connectivity index (χ1v) is 6.49. The fourth-order valence-electron chi connectivity index (χ4n) is 1.67. The maximum absolute atomic E-state index is 11.8. The molecule has 2 unspecified atom stereocenters. The molecule has 0 saturated carbocycles. The number of carboxylic acid groups (broad SMARTS) is 1. The molecule has 0 aliphatic carbocycles. The Kier molecular flexibility index (Phi) is 5.08. The third-order valence-electron chi connectivity index (χ3n) is 2.79. The lowest BCUT2D eigenvalue weighted by molar-refractivity contribution is -0.137. The van der Waals surface area contributed by atoms with Crippen LogP contribution in [0.25, 0.3) is 0 Å². The summed E-state index contributed by atoms with van der Waals surface area (Å²) in [4.78, 5) is 23.9. The Labute approximate surface area is 99.4 Å². The second-order valence-electron chi connectivity index (χ2n) is 4.01. The Morgan fingerprint density at radius 2 is 2.31 bits per heavy atom. The molecule has 6 heteroatoms. The topological polar surface area (TPSA) is 83.6 Å². The Morgan fingerprint density at radius 3 is 2.81 bits per heavy atom. The van der Waals surface area contributed by atoms with Gasteiger partial charge >= 0.3 is 5.97 Å². The first-order valence-electron chi connectivity index (χ1n) is 5.34. The number of hydrogen-bond donors (Lipinski definition) is 2. The van der Waals surface area contributed by atoms with Gasteiger partial charge in [-0.2, -0.15) is 11.8 Å². The standard InChI is InChI=1S/C10H18N2O3S/c1-12(7-4-5-16-6-7)10(15)8(11)2-3-9(13)14/h7-8H,2-6,11H2,1H3,(H,13,14). The molecule has 1 heterocycles. The van der Waals surface area contributed by atoms with E-state index in [1.165, 1.54) is 0 Å². The van der Waals surface area contributed by atoms with Crippen LogP contribution in [-0.4, -0.2) is 52.5 Å². The highest BCUT2D eigenvalue weighted by atomic mass is 32.2. The van der Waals surface area contributed by atoms with Crippen LogP contribution in [-0.2, 0) is 9.59 Å². The summed E-state index contributed by atoms with van der Waals surface area (Å²) in [6.07, 6.45) is 1.15. The van der Waals surface area contributed by atoms with Gasteiger partial charge in [-0.1, -0.05) is 0 Å². The molecule has 1 aliphatic rings. The number of carboxylic acids is 1. The fourth-order valence-corrected chi connectivity index (χ4v) is 2.94. The Hall–Kier alpha value is -0.750. The fraction of sp³-hybridized carbons (Fsp3) is 0.800. The Bertz CT molecular complexity index is 267. The van der Waals surface area contributed by atoms with Crippen LogP contribution in [0.2, 0.25) is 0 Å². The van der Waals surface area contributed by atoms with Crippen molar-refractivity contribution in [1.82, 2.24) is 4.90 Å². The summed E-state index contributed by atoms with van der Waals surface area (Å²) >= 11 is 1.83. The summed E-state index contributed by atoms with van der Waals surface area (Å²) in [6.45, 7) is 0. The minimum absolute atomic E-state index is 0.0554. The zero-order valence-corrected chi connectivity index (χ0v) is 10.2. The van der Waals surface area contributed by atoms with Gasteiger partial charge in [0.05, 0.1) is 6.04 Å². The summed E-state index contributed by atoms with van der Waals surface area (Å²) in [5.74, 6) is 0.969. The van der Waals surface area contributed by atoms with Crippen molar-refractivity contribution in [2.45, 2.75) is 31.3 Å². The summed E-state index contributed by atoms with van der Waals surface area (Å²) in [7, 11) is 1.75. The van der Waals surface area contributed by atoms with Crippen LogP contribution < -0.4 is 5.73 Å². The van der Waals surface area contributed by atoms with Gasteiger partial charge in [0.1, 0.15) is 0 Å². The van der Waals surface area contributed by atoms with Crippen LogP contribution in [0.1, 0.15) is 19.3 Å². The van der Waals surface area contributed by atoms with Gasteiger partial charge in [0.2, 0.25) is 5.91 Å². The normalized spacial score (nSPS) is 21.8. The molecular formula is C10H18N2O3S. The van der Waals surface area contributed by atoms with E-state index in [2.05, 4.69) is 0 Å². The van der Waals surface area contributed by atoms with E-state index in [1.54, 1.807) is 11.9 Å². The highest BCUT2D eigenvalue weighted by Crippen LogP contribution is 2.21. The molecule has 0 radical (unpaired) electrons. The largest absolute Gasteiger partial charge is 0.481 e. The number of hydrogen-bond acceptors (Lipinski definition) is 4. The zero-order chi connectivity index (χ0) is 12.1. The summed E-state index contributed by atoms with van der Waals surface area (Å²) in [6, 6.07) is -0.430. The molecule has 0 aromatic rings. The maximum atomic E-state index is 11.8. The average Bonchev–Trinajstić information content (AvgIpc) is 2.77. The summed E-state index contributed by atoms with van der Waals surface area (Å²) in [5.41, 5.74) is 5.67. The second-order valence-corrected chi connectivity index (χ2v) is 5.16. The molecule has 1 aliphatic heterocycles. The lowest BCUT2D eigenvalue weighted by Crippen LogP contribution is -2.46. The van der Waals surface area contributed by atoms with E-state index in [4.69, 9.17) is 10.8 Å². The molecule has 0 aromatic carbocycles. The number of carbonyl (C=O) groups is 2. The quantitative estimate of drug-likeness (QED) is 0.721. The van der Waals surface area contributed by atoms with Crippen LogP contribution >= 0.6 is 11.8 Å². The zero-order valence-electron chi connectivity index (χ0n) is 9.39. The molecule has 2 atom stereocenters. The highest BCUT2D eigenvalue weighted by molar-refractivity contribution is 7.99. The predicted octanol–water partition coefficient (Wildman–Crippen LogP) is 0.142. The van der Waals surface area contributed by atoms with E-state index in [1.807, 2.05) is 11.8 Å². The molecular weight excluding hydrogens is 228 g/mol. The van der Waals surface area contributed by atoms with Gasteiger partial charge in [-0.3, -0.25) is 9.59 Å². The number of amides is 1. The maximum Gasteiger partial charge on any atom is 0.303 e. The van der Waals surface area contributed by atoms with Crippen LogP contribution in [0.4, 0.5) is 0 Å². The van der Waals surface area contributed by atoms with Crippen LogP contribution in [0.3, 0.4) is 0 Å². The molecule has 1 saturated heterocycles. The molecule has 1 fully saturated rings. The number of carbonyl (C=O) groups excluding carboxylic acids is 1. The van der Waals surface area contributed by atoms with Crippen molar-refractivity contribution >= 4 is 23.6 Å². The van der Waals surface area contributed by atoms with E-state index in [9.17, 15) is 9.59 Å². The van der Waals surface area contributed by atoms with Crippen molar-refractivity contribution in [2.24, 2.45) is 5.73 Å². The number of likely N-dealkylation sites (N-methyl/N-ethyl adjacent to an activating group) is 1. The average molecular weight is 246 g/mol. The second kappa shape index (κ2) is 6.10. The van der Waals surface area contributed by atoms with Gasteiger partial charge in [0, 0.05) is 25.3 Å². The SMILES string of the molecule is CN(C(=O)C(N)CCC(=O)O)C1CCSC1. The van der Waals surface area contributed by atoms with Crippen molar-refractivity contribution in [1.29, 1.82) is 0 Å². The van der Waals surface area contributed by atoms with Gasteiger partial charge in [0.15, 0.2) is 0 Å². The Balaban J connectivity index is 2.39. The highest BCUT2D eigenvalue weighted by Gasteiger charge is 2.27. The van der Waals surface area contributed by atoms with E-state index in [-0.39, 0.29) is 24.8 Å². The monoisotopic (exact) mass is 246 g/mol. The Morgan fingerprint density at radius 1 is 1.62 bits per heavy atom. The van der Waals surface area contributed by atoms with Gasteiger partial charge in [-0.25, -0.2) is 0 Å². The first kappa shape index (κ1) is 13.3. The van der Waals surface area contributed by atoms with Crippen molar-refractivity contribution in [2.75, 3.05) is 18.6 Å². The summed E-state index contributed by atoms with van der Waals surface area (Å²) in [5, 5.41) is 8.51. The van der Waals surface area contributed by atoms with Crippen molar-refractivity contribution < 1.29 is 14.7 Å². The molecule has 1 rings (SSSR count). The number of aliphatic carboxylic acids is 1. The van der Waals surface area contributed by atoms with Crippen molar-refractivity contribution in [3.8, 4) is 0 Å². The van der Waals surface area contributed by atoms with Gasteiger partial charge in [0.25, 0.3) is 0 Å². The van der Waals surface area contributed by atoms with Gasteiger partial charge < -0.3 is 15.7 Å². The number of thioether (sulfide) groups is 1. The minimum Gasteiger partial charge on any atom is -0.481 e. The first-order chi connectivity index (χ1) is 7.52. The molecule has 16 heavy (non-hydrogen) atoms. The third kappa shape index (κ3) is 3.68. The van der Waals surface area contributed by atoms with Crippen molar-refractivity contribution in [3.63, 3.8) is 0 Å². The molecule has 0 spiro atoms. The molecule has 0 aromatic heterocycles. The van der Waals surface area contributed by atoms with E-state index in [0.29, 0.717) is 0 Å². The van der Waals surface area contributed by atoms with E-state index >= 15 is 0 Å². The number of rotatable bonds is 5. The third-order valence-corrected chi connectivity index (χ3v) is 3.93. The van der Waals surface area contributed by atoms with E-state index in [0.717, 1.165) is 17.9 Å². The number of nitrogens with zero attached hydrogens (tertiary/aromatic N) is 1. The smallest absolute Gasteiger partial charge is 0.303 e. The molecule has 1 amide bonds. The molecule has 3 N–H and O–H groups in total. The molecule has 0 bridgehead atoms. The van der Waals surface area contributed by atoms with Gasteiger partial charge in [-0.05, 0) is 18.6 Å². The predicted molar refractivity (Wildman–Crippen MR) is 63.3 cm³/mol. The lowest BCUT2D eigenvalue weighted by atomic mass is 10.1.